The summed E-state index contributed by atoms with van der Waals surface area (Å²) in [6.07, 6.45) is 18.3. The fraction of sp³-hybridized carbons (Fsp3) is 0.720. The Labute approximate surface area is 192 Å². The Bertz CT molecular complexity index is 617. The third-order valence-corrected chi connectivity index (χ3v) is 5.54. The van der Waals surface area contributed by atoms with Crippen molar-refractivity contribution in [2.24, 2.45) is 0 Å². The van der Waals surface area contributed by atoms with Crippen molar-refractivity contribution in [2.75, 3.05) is 19.8 Å². The second-order valence-electron chi connectivity index (χ2n) is 8.27. The summed E-state index contributed by atoms with van der Waals surface area (Å²) in [7, 11) is 0. The number of carboxylic acids is 1. The van der Waals surface area contributed by atoms with Gasteiger partial charge in [0.2, 0.25) is 5.75 Å². The molecule has 0 aliphatic carbocycles. The molecule has 7 heteroatoms. The van der Waals surface area contributed by atoms with Crippen LogP contribution in [0, 0.1) is 10.1 Å². The predicted octanol–water partition coefficient (Wildman–Crippen LogP) is 7.17. The molecule has 0 aromatic heterocycles. The summed E-state index contributed by atoms with van der Waals surface area (Å²) in [6, 6.07) is 3.86. The van der Waals surface area contributed by atoms with Gasteiger partial charge < -0.3 is 14.6 Å². The third-order valence-electron chi connectivity index (χ3n) is 5.54. The number of hydrogen-bond acceptors (Lipinski definition) is 5. The number of ether oxygens (including phenoxy) is 2. The van der Waals surface area contributed by atoms with Gasteiger partial charge in [-0.25, -0.2) is 4.79 Å². The zero-order chi connectivity index (χ0) is 23.4. The van der Waals surface area contributed by atoms with Crippen LogP contribution in [0.2, 0.25) is 0 Å². The molecule has 32 heavy (non-hydrogen) atoms. The van der Waals surface area contributed by atoms with Crippen LogP contribution in [0.25, 0.3) is 0 Å². The fourth-order valence-corrected chi connectivity index (χ4v) is 3.69. The average molecular weight is 452 g/mol. The van der Waals surface area contributed by atoms with E-state index < -0.39 is 10.9 Å². The Hall–Kier alpha value is -2.15. The molecular formula is C25H41NO6. The highest BCUT2D eigenvalue weighted by atomic mass is 16.6. The second kappa shape index (κ2) is 18.4. The molecule has 0 spiro atoms. The van der Waals surface area contributed by atoms with Gasteiger partial charge >= 0.3 is 11.7 Å². The standard InChI is InChI=1S/C25H41NO6/c1-2-3-4-5-6-7-8-9-10-11-12-13-14-15-19-31-20-21-32-24-22(25(27)28)17-16-18-23(24)26(29)30/h16-18H,2-15,19-21H2,1H3,(H,27,28). The number of benzene rings is 1. The molecule has 0 fully saturated rings. The molecule has 7 nitrogen and oxygen atoms in total. The van der Waals surface area contributed by atoms with E-state index in [0.29, 0.717) is 6.61 Å². The number of hydrogen-bond donors (Lipinski definition) is 1. The number of unbranched alkanes of at least 4 members (excludes halogenated alkanes) is 13. The van der Waals surface area contributed by atoms with E-state index in [2.05, 4.69) is 6.92 Å². The minimum Gasteiger partial charge on any atom is -0.484 e. The van der Waals surface area contributed by atoms with Gasteiger partial charge in [-0.2, -0.15) is 0 Å². The van der Waals surface area contributed by atoms with Crippen LogP contribution in [0.1, 0.15) is 107 Å². The first-order valence-electron chi connectivity index (χ1n) is 12.3. The largest absolute Gasteiger partial charge is 0.484 e. The lowest BCUT2D eigenvalue weighted by Crippen LogP contribution is -2.11. The molecule has 1 aromatic carbocycles. The SMILES string of the molecule is CCCCCCCCCCCCCCCCOCCOc1c(C(=O)O)cccc1[N+](=O)[O-]. The number of para-hydroxylation sites is 1. The highest BCUT2D eigenvalue weighted by molar-refractivity contribution is 5.92. The molecule has 0 aliphatic heterocycles. The van der Waals surface area contributed by atoms with Crippen LogP contribution in [0.4, 0.5) is 5.69 Å². The average Bonchev–Trinajstić information content (AvgIpc) is 2.78. The Kier molecular flexibility index (Phi) is 16.1. The van der Waals surface area contributed by atoms with Crippen molar-refractivity contribution >= 4 is 11.7 Å². The summed E-state index contributed by atoms with van der Waals surface area (Å²) in [4.78, 5) is 21.7. The van der Waals surface area contributed by atoms with Gasteiger partial charge in [-0.3, -0.25) is 10.1 Å². The summed E-state index contributed by atoms with van der Waals surface area (Å²) in [5.74, 6) is -1.47. The molecule has 0 atom stereocenters. The first-order valence-corrected chi connectivity index (χ1v) is 12.3. The fourth-order valence-electron chi connectivity index (χ4n) is 3.69. The quantitative estimate of drug-likeness (QED) is 0.121. The summed E-state index contributed by atoms with van der Waals surface area (Å²) in [5.41, 5.74) is -0.567. The number of nitrogens with zero attached hydrogens (tertiary/aromatic N) is 1. The highest BCUT2D eigenvalue weighted by Gasteiger charge is 2.22. The lowest BCUT2D eigenvalue weighted by Gasteiger charge is -2.10. The van der Waals surface area contributed by atoms with Crippen LogP contribution in [0.3, 0.4) is 0 Å². The van der Waals surface area contributed by atoms with E-state index in [1.807, 2.05) is 0 Å². The zero-order valence-electron chi connectivity index (χ0n) is 19.7. The number of rotatable bonds is 21. The van der Waals surface area contributed by atoms with E-state index in [1.165, 1.54) is 95.2 Å². The second-order valence-corrected chi connectivity index (χ2v) is 8.27. The number of nitro benzene ring substituents is 1. The Balaban J connectivity index is 1.98. The van der Waals surface area contributed by atoms with E-state index in [-0.39, 0.29) is 30.2 Å². The van der Waals surface area contributed by atoms with Gasteiger partial charge in [0, 0.05) is 12.7 Å². The van der Waals surface area contributed by atoms with Gasteiger partial charge in [0.1, 0.15) is 12.2 Å². The van der Waals surface area contributed by atoms with Gasteiger partial charge in [0.25, 0.3) is 0 Å². The maximum Gasteiger partial charge on any atom is 0.339 e. The van der Waals surface area contributed by atoms with Crippen LogP contribution in [0.5, 0.6) is 5.75 Å². The van der Waals surface area contributed by atoms with Crippen LogP contribution >= 0.6 is 0 Å². The normalized spacial score (nSPS) is 10.9. The first kappa shape index (κ1) is 27.9. The molecule has 182 valence electrons. The van der Waals surface area contributed by atoms with Crippen molar-refractivity contribution in [1.29, 1.82) is 0 Å². The maximum absolute atomic E-state index is 11.3. The van der Waals surface area contributed by atoms with Gasteiger partial charge in [0.15, 0.2) is 0 Å². The van der Waals surface area contributed by atoms with Crippen LogP contribution in [0.15, 0.2) is 18.2 Å². The van der Waals surface area contributed by atoms with Crippen LogP contribution < -0.4 is 4.74 Å². The van der Waals surface area contributed by atoms with Gasteiger partial charge in [-0.15, -0.1) is 0 Å². The molecule has 0 heterocycles. The van der Waals surface area contributed by atoms with E-state index in [1.54, 1.807) is 0 Å². The molecular weight excluding hydrogens is 410 g/mol. The summed E-state index contributed by atoms with van der Waals surface area (Å²) in [5, 5.41) is 20.3. The summed E-state index contributed by atoms with van der Waals surface area (Å²) >= 11 is 0. The van der Waals surface area contributed by atoms with Crippen molar-refractivity contribution in [2.45, 2.75) is 96.8 Å². The molecule has 0 saturated carbocycles. The third kappa shape index (κ3) is 12.6. The Morgan fingerprint density at radius 2 is 1.38 bits per heavy atom. The zero-order valence-corrected chi connectivity index (χ0v) is 19.7. The van der Waals surface area contributed by atoms with E-state index in [9.17, 15) is 20.0 Å². The lowest BCUT2D eigenvalue weighted by molar-refractivity contribution is -0.385. The Morgan fingerprint density at radius 3 is 1.88 bits per heavy atom. The van der Waals surface area contributed by atoms with E-state index in [0.717, 1.165) is 12.8 Å². The summed E-state index contributed by atoms with van der Waals surface area (Å²) in [6.45, 7) is 3.21. The molecule has 0 amide bonds. The van der Waals surface area contributed by atoms with Crippen molar-refractivity contribution in [3.63, 3.8) is 0 Å². The van der Waals surface area contributed by atoms with E-state index in [4.69, 9.17) is 9.47 Å². The molecule has 1 aromatic rings. The first-order chi connectivity index (χ1) is 15.6. The van der Waals surface area contributed by atoms with Crippen molar-refractivity contribution in [1.82, 2.24) is 0 Å². The van der Waals surface area contributed by atoms with Crippen molar-refractivity contribution in [3.8, 4) is 5.75 Å². The molecule has 1 rings (SSSR count). The predicted molar refractivity (Wildman–Crippen MR) is 127 cm³/mol. The lowest BCUT2D eigenvalue weighted by atomic mass is 10.0. The maximum atomic E-state index is 11.3. The van der Waals surface area contributed by atoms with Crippen LogP contribution in [-0.2, 0) is 4.74 Å². The number of aromatic carboxylic acids is 1. The molecule has 0 bridgehead atoms. The molecule has 0 unspecified atom stereocenters. The van der Waals surface area contributed by atoms with Crippen LogP contribution in [-0.4, -0.2) is 35.8 Å². The van der Waals surface area contributed by atoms with E-state index >= 15 is 0 Å². The topological polar surface area (TPSA) is 98.9 Å². The highest BCUT2D eigenvalue weighted by Crippen LogP contribution is 2.30. The number of carboxylic acid groups (broad SMARTS) is 1. The molecule has 0 radical (unpaired) electrons. The smallest absolute Gasteiger partial charge is 0.339 e. The summed E-state index contributed by atoms with van der Waals surface area (Å²) < 4.78 is 10.9. The van der Waals surface area contributed by atoms with Gasteiger partial charge in [-0.1, -0.05) is 96.5 Å². The molecule has 0 aliphatic rings. The Morgan fingerprint density at radius 1 is 0.844 bits per heavy atom. The minimum atomic E-state index is -1.26. The van der Waals surface area contributed by atoms with Gasteiger partial charge in [0.05, 0.1) is 11.5 Å². The minimum absolute atomic E-state index is 0.0732. The number of carbonyl (C=O) groups is 1. The molecule has 0 saturated heterocycles. The van der Waals surface area contributed by atoms with Crippen molar-refractivity contribution < 1.29 is 24.3 Å². The number of nitro groups is 1. The molecule has 1 N–H and O–H groups in total. The monoisotopic (exact) mass is 451 g/mol. The van der Waals surface area contributed by atoms with Gasteiger partial charge in [-0.05, 0) is 12.5 Å². The van der Waals surface area contributed by atoms with Crippen molar-refractivity contribution in [3.05, 3.63) is 33.9 Å².